The molecule has 1 aromatic carbocycles. The summed E-state index contributed by atoms with van der Waals surface area (Å²) in [6.45, 7) is 3.24. The van der Waals surface area contributed by atoms with Crippen LogP contribution < -0.4 is 5.32 Å². The monoisotopic (exact) mass is 229 g/mol. The molecule has 0 radical (unpaired) electrons. The van der Waals surface area contributed by atoms with E-state index in [1.165, 1.54) is 0 Å². The quantitative estimate of drug-likeness (QED) is 0.813. The minimum Gasteiger partial charge on any atom is -0.506 e. The lowest BCUT2D eigenvalue weighted by Crippen LogP contribution is -2.29. The van der Waals surface area contributed by atoms with Crippen molar-refractivity contribution in [1.82, 2.24) is 5.32 Å². The maximum absolute atomic E-state index is 9.64. The Bertz CT molecular complexity index is 317. The highest BCUT2D eigenvalue weighted by Gasteiger charge is 2.06. The summed E-state index contributed by atoms with van der Waals surface area (Å²) in [6, 6.07) is 5.57. The summed E-state index contributed by atoms with van der Waals surface area (Å²) in [5.74, 6) is 0.149. The second-order valence-electron chi connectivity index (χ2n) is 3.48. The molecule has 84 valence electrons. The van der Waals surface area contributed by atoms with Gasteiger partial charge in [0.15, 0.2) is 0 Å². The summed E-state index contributed by atoms with van der Waals surface area (Å²) >= 11 is 5.79. The van der Waals surface area contributed by atoms with Crippen molar-refractivity contribution in [3.8, 4) is 5.75 Å². The lowest BCUT2D eigenvalue weighted by Gasteiger charge is -2.13. The van der Waals surface area contributed by atoms with Crippen LogP contribution in [-0.2, 0) is 11.3 Å². The third-order valence-electron chi connectivity index (χ3n) is 2.13. The Hall–Kier alpha value is -0.770. The van der Waals surface area contributed by atoms with Gasteiger partial charge in [-0.15, -0.1) is 0 Å². The molecule has 4 heteroatoms. The molecule has 0 bridgehead atoms. The molecule has 0 heterocycles. The first kappa shape index (κ1) is 12.3. The molecule has 0 aromatic heterocycles. The van der Waals surface area contributed by atoms with Crippen LogP contribution in [-0.4, -0.2) is 24.9 Å². The van der Waals surface area contributed by atoms with E-state index < -0.39 is 0 Å². The molecule has 0 saturated heterocycles. The number of hydrogen-bond donors (Lipinski definition) is 2. The van der Waals surface area contributed by atoms with Gasteiger partial charge in [-0.1, -0.05) is 23.7 Å². The van der Waals surface area contributed by atoms with Gasteiger partial charge in [0.25, 0.3) is 0 Å². The summed E-state index contributed by atoms with van der Waals surface area (Å²) < 4.78 is 4.99. The average molecular weight is 230 g/mol. The molecule has 1 aromatic rings. The van der Waals surface area contributed by atoms with E-state index in [0.29, 0.717) is 18.2 Å². The number of para-hydroxylation sites is 1. The fraction of sp³-hybridized carbons (Fsp3) is 0.455. The third-order valence-corrected chi connectivity index (χ3v) is 2.43. The Kier molecular flexibility index (Phi) is 4.88. The Morgan fingerprint density at radius 3 is 2.93 bits per heavy atom. The third kappa shape index (κ3) is 3.70. The van der Waals surface area contributed by atoms with Gasteiger partial charge >= 0.3 is 0 Å². The number of halogens is 1. The van der Waals surface area contributed by atoms with Crippen molar-refractivity contribution in [2.24, 2.45) is 0 Å². The molecule has 0 amide bonds. The van der Waals surface area contributed by atoms with Crippen LogP contribution in [0.3, 0.4) is 0 Å². The zero-order valence-electron chi connectivity index (χ0n) is 8.96. The maximum Gasteiger partial charge on any atom is 0.138 e. The fourth-order valence-electron chi connectivity index (χ4n) is 1.30. The van der Waals surface area contributed by atoms with E-state index in [1.807, 2.05) is 19.1 Å². The van der Waals surface area contributed by atoms with E-state index in [9.17, 15) is 5.11 Å². The van der Waals surface area contributed by atoms with Crippen molar-refractivity contribution in [2.45, 2.75) is 19.5 Å². The maximum atomic E-state index is 9.64. The fourth-order valence-corrected chi connectivity index (χ4v) is 1.49. The van der Waals surface area contributed by atoms with Gasteiger partial charge in [-0.3, -0.25) is 0 Å². The molecule has 0 saturated carbocycles. The largest absolute Gasteiger partial charge is 0.506 e. The van der Waals surface area contributed by atoms with Crippen molar-refractivity contribution in [2.75, 3.05) is 13.7 Å². The zero-order chi connectivity index (χ0) is 11.3. The first-order chi connectivity index (χ1) is 7.15. The van der Waals surface area contributed by atoms with Gasteiger partial charge in [-0.05, 0) is 13.0 Å². The lowest BCUT2D eigenvalue weighted by molar-refractivity contribution is 0.171. The van der Waals surface area contributed by atoms with E-state index >= 15 is 0 Å². The van der Waals surface area contributed by atoms with Gasteiger partial charge in [0.2, 0.25) is 0 Å². The van der Waals surface area contributed by atoms with Gasteiger partial charge in [-0.25, -0.2) is 0 Å². The highest BCUT2D eigenvalue weighted by atomic mass is 35.5. The minimum absolute atomic E-state index is 0.149. The molecule has 0 spiro atoms. The number of hydrogen-bond acceptors (Lipinski definition) is 3. The second kappa shape index (κ2) is 5.95. The molecule has 1 unspecified atom stereocenters. The molecule has 15 heavy (non-hydrogen) atoms. The van der Waals surface area contributed by atoms with Crippen LogP contribution in [0.5, 0.6) is 5.75 Å². The summed E-state index contributed by atoms with van der Waals surface area (Å²) in [5, 5.41) is 13.2. The predicted molar refractivity (Wildman–Crippen MR) is 61.3 cm³/mol. The molecule has 0 aliphatic carbocycles. The molecule has 1 rings (SSSR count). The van der Waals surface area contributed by atoms with E-state index in [1.54, 1.807) is 13.2 Å². The van der Waals surface area contributed by atoms with Gasteiger partial charge in [0.05, 0.1) is 11.6 Å². The Labute approximate surface area is 95.0 Å². The number of rotatable bonds is 5. The molecule has 0 aliphatic heterocycles. The Morgan fingerprint density at radius 2 is 2.27 bits per heavy atom. The minimum atomic E-state index is 0.149. The first-order valence-corrected chi connectivity index (χ1v) is 5.21. The van der Waals surface area contributed by atoms with Crippen molar-refractivity contribution in [1.29, 1.82) is 0 Å². The number of nitrogens with one attached hydrogen (secondary N) is 1. The molecule has 3 nitrogen and oxygen atoms in total. The molecule has 2 N–H and O–H groups in total. The van der Waals surface area contributed by atoms with E-state index in [4.69, 9.17) is 16.3 Å². The van der Waals surface area contributed by atoms with Crippen LogP contribution in [0.25, 0.3) is 0 Å². The average Bonchev–Trinajstić information content (AvgIpc) is 2.21. The van der Waals surface area contributed by atoms with Crippen LogP contribution in [0.1, 0.15) is 12.5 Å². The van der Waals surface area contributed by atoms with E-state index in [2.05, 4.69) is 5.32 Å². The van der Waals surface area contributed by atoms with Crippen molar-refractivity contribution >= 4 is 11.6 Å². The summed E-state index contributed by atoms with van der Waals surface area (Å²) in [4.78, 5) is 0. The molecular weight excluding hydrogens is 214 g/mol. The van der Waals surface area contributed by atoms with Gasteiger partial charge in [0, 0.05) is 25.3 Å². The normalized spacial score (nSPS) is 12.7. The number of ether oxygens (including phenoxy) is 1. The van der Waals surface area contributed by atoms with Gasteiger partial charge < -0.3 is 15.2 Å². The van der Waals surface area contributed by atoms with Crippen molar-refractivity contribution in [3.05, 3.63) is 28.8 Å². The van der Waals surface area contributed by atoms with Crippen LogP contribution in [0.4, 0.5) is 0 Å². The van der Waals surface area contributed by atoms with E-state index in [-0.39, 0.29) is 11.8 Å². The highest BCUT2D eigenvalue weighted by molar-refractivity contribution is 6.32. The highest BCUT2D eigenvalue weighted by Crippen LogP contribution is 2.26. The van der Waals surface area contributed by atoms with Crippen LogP contribution in [0, 0.1) is 0 Å². The number of benzene rings is 1. The topological polar surface area (TPSA) is 41.5 Å². The number of phenolic OH excluding ortho intramolecular Hbond substituents is 1. The summed E-state index contributed by atoms with van der Waals surface area (Å²) in [7, 11) is 1.66. The number of aromatic hydroxyl groups is 1. The standard InChI is InChI=1S/C11H16ClNO2/c1-8(7-15-2)13-6-9-4-3-5-10(12)11(9)14/h3-5,8,13-14H,6-7H2,1-2H3. The molecule has 1 atom stereocenters. The summed E-state index contributed by atoms with van der Waals surface area (Å²) in [6.07, 6.45) is 0. The number of phenols is 1. The van der Waals surface area contributed by atoms with Crippen molar-refractivity contribution in [3.63, 3.8) is 0 Å². The van der Waals surface area contributed by atoms with Crippen LogP contribution in [0.15, 0.2) is 18.2 Å². The van der Waals surface area contributed by atoms with Gasteiger partial charge in [0.1, 0.15) is 5.75 Å². The predicted octanol–water partition coefficient (Wildman–Crippen LogP) is 2.17. The van der Waals surface area contributed by atoms with Gasteiger partial charge in [-0.2, -0.15) is 0 Å². The lowest BCUT2D eigenvalue weighted by atomic mass is 10.2. The zero-order valence-corrected chi connectivity index (χ0v) is 9.71. The molecule has 0 aliphatic rings. The molecule has 0 fully saturated rings. The molecular formula is C11H16ClNO2. The van der Waals surface area contributed by atoms with Crippen LogP contribution in [0.2, 0.25) is 5.02 Å². The Balaban J connectivity index is 2.54. The van der Waals surface area contributed by atoms with E-state index in [0.717, 1.165) is 5.56 Å². The second-order valence-corrected chi connectivity index (χ2v) is 3.89. The Morgan fingerprint density at radius 1 is 1.53 bits per heavy atom. The van der Waals surface area contributed by atoms with Crippen molar-refractivity contribution < 1.29 is 9.84 Å². The number of methoxy groups -OCH3 is 1. The summed E-state index contributed by atoms with van der Waals surface area (Å²) in [5.41, 5.74) is 0.797. The smallest absolute Gasteiger partial charge is 0.138 e. The SMILES string of the molecule is COCC(C)NCc1cccc(Cl)c1O. The first-order valence-electron chi connectivity index (χ1n) is 4.83. The van der Waals surface area contributed by atoms with Crippen LogP contribution >= 0.6 is 11.6 Å².